The van der Waals surface area contributed by atoms with Crippen LogP contribution in [0.3, 0.4) is 0 Å². The quantitative estimate of drug-likeness (QED) is 0.827. The lowest BCUT2D eigenvalue weighted by Crippen LogP contribution is -2.44. The molecule has 5 nitrogen and oxygen atoms in total. The van der Waals surface area contributed by atoms with Gasteiger partial charge in [-0.3, -0.25) is 9.59 Å². The maximum Gasteiger partial charge on any atom is 0.224 e. The Bertz CT molecular complexity index is 644. The second kappa shape index (κ2) is 8.87. The van der Waals surface area contributed by atoms with E-state index in [1.54, 1.807) is 0 Å². The van der Waals surface area contributed by atoms with Crippen molar-refractivity contribution < 1.29 is 9.59 Å². The van der Waals surface area contributed by atoms with Gasteiger partial charge < -0.3 is 15.1 Å². The van der Waals surface area contributed by atoms with Gasteiger partial charge in [-0.1, -0.05) is 30.7 Å². The molecule has 1 atom stereocenters. The minimum atomic E-state index is -0.0569. The number of amides is 2. The van der Waals surface area contributed by atoms with E-state index in [1.807, 2.05) is 29.2 Å². The minimum Gasteiger partial charge on any atom is -0.351 e. The largest absolute Gasteiger partial charge is 0.351 e. The van der Waals surface area contributed by atoms with E-state index in [2.05, 4.69) is 17.1 Å². The molecule has 2 fully saturated rings. The van der Waals surface area contributed by atoms with Crippen molar-refractivity contribution in [2.24, 2.45) is 5.92 Å². The number of hydrogen-bond acceptors (Lipinski definition) is 3. The molecule has 0 aliphatic carbocycles. The fourth-order valence-electron chi connectivity index (χ4n) is 3.87. The van der Waals surface area contributed by atoms with Crippen LogP contribution in [0.5, 0.6) is 0 Å². The Morgan fingerprint density at radius 3 is 2.77 bits per heavy atom. The molecule has 0 radical (unpaired) electrons. The summed E-state index contributed by atoms with van der Waals surface area (Å²) in [6.45, 7) is 6.46. The summed E-state index contributed by atoms with van der Waals surface area (Å²) in [5.74, 6) is 0.335. The van der Waals surface area contributed by atoms with Gasteiger partial charge in [0, 0.05) is 30.5 Å². The molecule has 26 heavy (non-hydrogen) atoms. The monoisotopic (exact) mass is 377 g/mol. The van der Waals surface area contributed by atoms with Gasteiger partial charge in [-0.25, -0.2) is 0 Å². The number of piperidine rings is 1. The Labute approximate surface area is 160 Å². The molecule has 0 saturated carbocycles. The lowest BCUT2D eigenvalue weighted by atomic mass is 9.95. The van der Waals surface area contributed by atoms with Crippen molar-refractivity contribution in [1.29, 1.82) is 0 Å². The van der Waals surface area contributed by atoms with Gasteiger partial charge in [0.2, 0.25) is 11.8 Å². The number of nitrogens with one attached hydrogen (secondary N) is 1. The van der Waals surface area contributed by atoms with Crippen molar-refractivity contribution in [2.45, 2.75) is 38.6 Å². The molecule has 2 heterocycles. The van der Waals surface area contributed by atoms with Crippen LogP contribution < -0.4 is 5.32 Å². The van der Waals surface area contributed by atoms with Crippen molar-refractivity contribution in [2.75, 3.05) is 32.7 Å². The zero-order valence-corrected chi connectivity index (χ0v) is 16.2. The van der Waals surface area contributed by atoms with Crippen molar-refractivity contribution >= 4 is 23.4 Å². The first-order chi connectivity index (χ1) is 12.5. The Kier molecular flexibility index (Phi) is 6.54. The molecule has 2 amide bonds. The highest BCUT2D eigenvalue weighted by atomic mass is 35.5. The molecule has 0 unspecified atom stereocenters. The number of likely N-dealkylation sites (tertiary alicyclic amines) is 2. The topological polar surface area (TPSA) is 52.7 Å². The molecule has 0 aromatic heterocycles. The molecular formula is C20H28ClN3O2. The van der Waals surface area contributed by atoms with Gasteiger partial charge in [-0.05, 0) is 56.6 Å². The highest BCUT2D eigenvalue weighted by molar-refractivity contribution is 6.30. The third-order valence-electron chi connectivity index (χ3n) is 5.53. The number of carbonyl (C=O) groups excluding carboxylic acids is 2. The molecule has 2 saturated heterocycles. The van der Waals surface area contributed by atoms with Crippen molar-refractivity contribution in [1.82, 2.24) is 15.1 Å². The number of rotatable bonds is 6. The fraction of sp³-hybridized carbons (Fsp3) is 0.600. The second-order valence-corrected chi connectivity index (χ2v) is 7.77. The highest BCUT2D eigenvalue weighted by Crippen LogP contribution is 2.19. The van der Waals surface area contributed by atoms with Crippen molar-refractivity contribution in [3.05, 3.63) is 34.9 Å². The van der Waals surface area contributed by atoms with Gasteiger partial charge in [-0.2, -0.15) is 0 Å². The molecule has 2 aliphatic heterocycles. The Morgan fingerprint density at radius 1 is 1.31 bits per heavy atom. The zero-order chi connectivity index (χ0) is 18.5. The molecule has 1 aromatic carbocycles. The summed E-state index contributed by atoms with van der Waals surface area (Å²) in [4.78, 5) is 29.0. The lowest BCUT2D eigenvalue weighted by molar-refractivity contribution is -0.127. The van der Waals surface area contributed by atoms with E-state index >= 15 is 0 Å². The number of hydrogen-bond donors (Lipinski definition) is 1. The number of benzene rings is 1. The molecule has 6 heteroatoms. The highest BCUT2D eigenvalue weighted by Gasteiger charge is 2.32. The van der Waals surface area contributed by atoms with Gasteiger partial charge >= 0.3 is 0 Å². The van der Waals surface area contributed by atoms with Crippen LogP contribution >= 0.6 is 11.6 Å². The summed E-state index contributed by atoms with van der Waals surface area (Å²) in [5.41, 5.74) is 1.13. The summed E-state index contributed by atoms with van der Waals surface area (Å²) in [6.07, 6.45) is 3.02. The summed E-state index contributed by atoms with van der Waals surface area (Å²) < 4.78 is 0. The Morgan fingerprint density at radius 2 is 2.08 bits per heavy atom. The standard InChI is InChI=1S/C20H28ClN3O2/c1-2-23-9-7-16(8-10-23)20(26)22-18-13-19(25)24(14-18)11-6-15-4-3-5-17(21)12-15/h3-5,12,16,18H,2,6-11,13-14H2,1H3,(H,22,26)/t18-/m1/s1. The predicted molar refractivity (Wildman–Crippen MR) is 103 cm³/mol. The average molecular weight is 378 g/mol. The number of halogens is 1. The first kappa shape index (κ1) is 19.2. The van der Waals surface area contributed by atoms with E-state index < -0.39 is 0 Å². The summed E-state index contributed by atoms with van der Waals surface area (Å²) in [7, 11) is 0. The maximum absolute atomic E-state index is 12.5. The van der Waals surface area contributed by atoms with Crippen LogP contribution in [0.15, 0.2) is 24.3 Å². The Hall–Kier alpha value is -1.59. The van der Waals surface area contributed by atoms with Crippen LogP contribution in [0, 0.1) is 5.92 Å². The first-order valence-corrected chi connectivity index (χ1v) is 9.98. The second-order valence-electron chi connectivity index (χ2n) is 7.34. The van der Waals surface area contributed by atoms with Gasteiger partial charge in [-0.15, -0.1) is 0 Å². The van der Waals surface area contributed by atoms with Crippen LogP contribution in [0.4, 0.5) is 0 Å². The molecule has 0 spiro atoms. The normalized spacial score (nSPS) is 22.0. The average Bonchev–Trinajstić information content (AvgIpc) is 2.99. The summed E-state index contributed by atoms with van der Waals surface area (Å²) >= 11 is 6.01. The number of carbonyl (C=O) groups is 2. The maximum atomic E-state index is 12.5. The van der Waals surface area contributed by atoms with Crippen LogP contribution in [0.2, 0.25) is 5.02 Å². The van der Waals surface area contributed by atoms with Crippen molar-refractivity contribution in [3.63, 3.8) is 0 Å². The van der Waals surface area contributed by atoms with Crippen molar-refractivity contribution in [3.8, 4) is 0 Å². The Balaban J connectivity index is 1.44. The first-order valence-electron chi connectivity index (χ1n) is 9.60. The van der Waals surface area contributed by atoms with Gasteiger partial charge in [0.15, 0.2) is 0 Å². The van der Waals surface area contributed by atoms with Gasteiger partial charge in [0.25, 0.3) is 0 Å². The minimum absolute atomic E-state index is 0.0569. The zero-order valence-electron chi connectivity index (χ0n) is 15.4. The van der Waals surface area contributed by atoms with E-state index in [0.717, 1.165) is 49.5 Å². The molecular weight excluding hydrogens is 350 g/mol. The summed E-state index contributed by atoms with van der Waals surface area (Å²) in [5, 5.41) is 3.83. The third-order valence-corrected chi connectivity index (χ3v) is 5.76. The van der Waals surface area contributed by atoms with E-state index in [4.69, 9.17) is 11.6 Å². The fourth-order valence-corrected chi connectivity index (χ4v) is 4.08. The van der Waals surface area contributed by atoms with Crippen LogP contribution in [0.25, 0.3) is 0 Å². The molecule has 1 N–H and O–H groups in total. The summed E-state index contributed by atoms with van der Waals surface area (Å²) in [6, 6.07) is 7.68. The molecule has 0 bridgehead atoms. The smallest absolute Gasteiger partial charge is 0.224 e. The molecule has 3 rings (SSSR count). The predicted octanol–water partition coefficient (Wildman–Crippen LogP) is 2.33. The SMILES string of the molecule is CCN1CCC(C(=O)N[C@@H]2CC(=O)N(CCc3cccc(Cl)c3)C2)CC1. The van der Waals surface area contributed by atoms with E-state index in [0.29, 0.717) is 19.5 Å². The van der Waals surface area contributed by atoms with Gasteiger partial charge in [0.05, 0.1) is 6.04 Å². The van der Waals surface area contributed by atoms with E-state index in [9.17, 15) is 9.59 Å². The van der Waals surface area contributed by atoms with E-state index in [-0.39, 0.29) is 23.8 Å². The lowest BCUT2D eigenvalue weighted by Gasteiger charge is -2.30. The van der Waals surface area contributed by atoms with Crippen LogP contribution in [0.1, 0.15) is 31.7 Å². The van der Waals surface area contributed by atoms with Crippen LogP contribution in [-0.4, -0.2) is 60.4 Å². The third kappa shape index (κ3) is 4.98. The van der Waals surface area contributed by atoms with Gasteiger partial charge in [0.1, 0.15) is 0 Å². The van der Waals surface area contributed by atoms with Crippen LogP contribution in [-0.2, 0) is 16.0 Å². The molecule has 142 valence electrons. The van der Waals surface area contributed by atoms with E-state index in [1.165, 1.54) is 0 Å². The molecule has 1 aromatic rings. The number of nitrogens with zero attached hydrogens (tertiary/aromatic N) is 2. The molecule has 2 aliphatic rings.